The molecular weight excluding hydrogens is 272 g/mol. The summed E-state index contributed by atoms with van der Waals surface area (Å²) in [6.45, 7) is 0.604. The molecule has 2 N–H and O–H groups in total. The van der Waals surface area contributed by atoms with Crippen LogP contribution in [0, 0.1) is 0 Å². The molecule has 0 radical (unpaired) electrons. The van der Waals surface area contributed by atoms with Gasteiger partial charge in [-0.1, -0.05) is 11.6 Å². The summed E-state index contributed by atoms with van der Waals surface area (Å²) in [5, 5.41) is 12.1. The summed E-state index contributed by atoms with van der Waals surface area (Å²) in [6.07, 6.45) is 3.24. The molecule has 7 heteroatoms. The zero-order valence-corrected chi connectivity index (χ0v) is 10.8. The van der Waals surface area contributed by atoms with Crippen LogP contribution < -0.4 is 5.32 Å². The fourth-order valence-corrected chi connectivity index (χ4v) is 2.16. The highest BCUT2D eigenvalue weighted by atomic mass is 35.5. The van der Waals surface area contributed by atoms with Crippen molar-refractivity contribution in [2.45, 2.75) is 18.4 Å². The lowest BCUT2D eigenvalue weighted by Gasteiger charge is -2.33. The van der Waals surface area contributed by atoms with Gasteiger partial charge in [-0.25, -0.2) is 4.79 Å². The van der Waals surface area contributed by atoms with Gasteiger partial charge in [0.05, 0.1) is 10.6 Å². The topological polar surface area (TPSA) is 88.5 Å². The molecule has 102 valence electrons. The van der Waals surface area contributed by atoms with Gasteiger partial charge in [-0.15, -0.1) is 0 Å². The number of carboxylic acid groups (broad SMARTS) is 1. The molecule has 6 nitrogen and oxygen atoms in total. The Bertz CT molecular complexity index is 500. The number of hydrogen-bond acceptors (Lipinski definition) is 4. The molecule has 1 amide bonds. The summed E-state index contributed by atoms with van der Waals surface area (Å²) in [5.41, 5.74) is -1.08. The maximum atomic E-state index is 12.1. The number of rotatable bonds is 3. The normalized spacial score (nSPS) is 17.7. The van der Waals surface area contributed by atoms with Crippen molar-refractivity contribution in [1.29, 1.82) is 0 Å². The molecular formula is C12H13ClN2O4. The van der Waals surface area contributed by atoms with Crippen LogP contribution >= 0.6 is 11.6 Å². The van der Waals surface area contributed by atoms with Crippen LogP contribution in [0.5, 0.6) is 0 Å². The highest BCUT2D eigenvalue weighted by molar-refractivity contribution is 6.33. The predicted octanol–water partition coefficient (Wildman–Crippen LogP) is 1.10. The van der Waals surface area contributed by atoms with E-state index < -0.39 is 17.4 Å². The number of carbonyl (C=O) groups is 2. The summed E-state index contributed by atoms with van der Waals surface area (Å²) in [6, 6.07) is 1.45. The Morgan fingerprint density at radius 3 is 2.68 bits per heavy atom. The van der Waals surface area contributed by atoms with Gasteiger partial charge < -0.3 is 15.2 Å². The maximum absolute atomic E-state index is 12.1. The van der Waals surface area contributed by atoms with Gasteiger partial charge in [-0.3, -0.25) is 9.78 Å². The standard InChI is InChI=1S/C12H13ClN2O4/c13-9-7-14-4-1-8(9)10(16)15-12(11(17)18)2-5-19-6-3-12/h1,4,7H,2-3,5-6H2,(H,15,16)(H,17,18). The highest BCUT2D eigenvalue weighted by Crippen LogP contribution is 2.23. The number of hydrogen-bond donors (Lipinski definition) is 2. The lowest BCUT2D eigenvalue weighted by atomic mass is 9.90. The summed E-state index contributed by atoms with van der Waals surface area (Å²) in [4.78, 5) is 27.3. The Labute approximate surface area is 114 Å². The number of carboxylic acids is 1. The first kappa shape index (κ1) is 13.8. The number of ether oxygens (including phenoxy) is 1. The van der Waals surface area contributed by atoms with Gasteiger partial charge >= 0.3 is 5.97 Å². The smallest absolute Gasteiger partial charge is 0.329 e. The van der Waals surface area contributed by atoms with E-state index in [1.165, 1.54) is 18.5 Å². The van der Waals surface area contributed by atoms with E-state index in [1.807, 2.05) is 0 Å². The number of aromatic nitrogens is 1. The van der Waals surface area contributed by atoms with E-state index in [-0.39, 0.29) is 23.4 Å². The quantitative estimate of drug-likeness (QED) is 0.868. The Kier molecular flexibility index (Phi) is 4.01. The molecule has 0 spiro atoms. The molecule has 0 aliphatic carbocycles. The molecule has 1 fully saturated rings. The van der Waals surface area contributed by atoms with E-state index in [4.69, 9.17) is 16.3 Å². The fraction of sp³-hybridized carbons (Fsp3) is 0.417. The first-order valence-electron chi connectivity index (χ1n) is 5.78. The Morgan fingerprint density at radius 2 is 2.11 bits per heavy atom. The van der Waals surface area contributed by atoms with Crippen molar-refractivity contribution in [3.8, 4) is 0 Å². The van der Waals surface area contributed by atoms with Gasteiger partial charge in [0.25, 0.3) is 5.91 Å². The Morgan fingerprint density at radius 1 is 1.42 bits per heavy atom. The van der Waals surface area contributed by atoms with E-state index in [9.17, 15) is 14.7 Å². The van der Waals surface area contributed by atoms with Crippen molar-refractivity contribution in [3.05, 3.63) is 29.0 Å². The summed E-state index contributed by atoms with van der Waals surface area (Å²) >= 11 is 5.87. The number of nitrogens with zero attached hydrogens (tertiary/aromatic N) is 1. The van der Waals surface area contributed by atoms with E-state index in [0.29, 0.717) is 13.2 Å². The van der Waals surface area contributed by atoms with Crippen molar-refractivity contribution in [2.24, 2.45) is 0 Å². The molecule has 1 saturated heterocycles. The zero-order valence-electron chi connectivity index (χ0n) is 10.1. The Hall–Kier alpha value is -1.66. The van der Waals surface area contributed by atoms with Crippen molar-refractivity contribution < 1.29 is 19.4 Å². The first-order valence-corrected chi connectivity index (χ1v) is 6.16. The molecule has 2 rings (SSSR count). The van der Waals surface area contributed by atoms with Gasteiger partial charge in [0.1, 0.15) is 5.54 Å². The van der Waals surface area contributed by atoms with Crippen LogP contribution in [0.3, 0.4) is 0 Å². The molecule has 1 aliphatic heterocycles. The van der Waals surface area contributed by atoms with Gasteiger partial charge in [0, 0.05) is 38.4 Å². The molecule has 0 saturated carbocycles. The third kappa shape index (κ3) is 2.85. The molecule has 0 aromatic carbocycles. The van der Waals surface area contributed by atoms with Gasteiger partial charge in [0.2, 0.25) is 0 Å². The second-order valence-corrected chi connectivity index (χ2v) is 4.72. The number of amides is 1. The van der Waals surface area contributed by atoms with Crippen LogP contribution in [-0.4, -0.2) is 40.7 Å². The number of aliphatic carboxylic acids is 1. The summed E-state index contributed by atoms with van der Waals surface area (Å²) in [7, 11) is 0. The molecule has 19 heavy (non-hydrogen) atoms. The lowest BCUT2D eigenvalue weighted by Crippen LogP contribution is -2.57. The van der Waals surface area contributed by atoms with Crippen molar-refractivity contribution in [3.63, 3.8) is 0 Å². The number of carbonyl (C=O) groups excluding carboxylic acids is 1. The molecule has 0 bridgehead atoms. The third-order valence-electron chi connectivity index (χ3n) is 3.13. The number of halogens is 1. The minimum atomic E-state index is -1.29. The van der Waals surface area contributed by atoms with Crippen LogP contribution in [0.25, 0.3) is 0 Å². The van der Waals surface area contributed by atoms with Gasteiger partial charge in [-0.2, -0.15) is 0 Å². The number of nitrogens with one attached hydrogen (secondary N) is 1. The summed E-state index contributed by atoms with van der Waals surface area (Å²) in [5.74, 6) is -1.58. The summed E-state index contributed by atoms with van der Waals surface area (Å²) < 4.78 is 5.14. The van der Waals surface area contributed by atoms with Crippen molar-refractivity contribution in [2.75, 3.05) is 13.2 Å². The van der Waals surface area contributed by atoms with Gasteiger partial charge in [0.15, 0.2) is 0 Å². The minimum absolute atomic E-state index is 0.188. The zero-order chi connectivity index (χ0) is 13.9. The average Bonchev–Trinajstić information content (AvgIpc) is 2.40. The second-order valence-electron chi connectivity index (χ2n) is 4.31. The SMILES string of the molecule is O=C(NC1(C(=O)O)CCOCC1)c1ccncc1Cl. The molecule has 2 heterocycles. The van der Waals surface area contributed by atoms with Crippen LogP contribution in [0.4, 0.5) is 0 Å². The van der Waals surface area contributed by atoms with E-state index >= 15 is 0 Å². The van der Waals surface area contributed by atoms with E-state index in [0.717, 1.165) is 0 Å². The van der Waals surface area contributed by atoms with Gasteiger partial charge in [-0.05, 0) is 6.07 Å². The largest absolute Gasteiger partial charge is 0.480 e. The average molecular weight is 285 g/mol. The molecule has 1 aromatic heterocycles. The lowest BCUT2D eigenvalue weighted by molar-refractivity contribution is -0.148. The molecule has 1 aliphatic rings. The third-order valence-corrected chi connectivity index (χ3v) is 3.43. The van der Waals surface area contributed by atoms with E-state index in [2.05, 4.69) is 10.3 Å². The van der Waals surface area contributed by atoms with Crippen molar-refractivity contribution >= 4 is 23.5 Å². The Balaban J connectivity index is 2.20. The van der Waals surface area contributed by atoms with Crippen LogP contribution in [-0.2, 0) is 9.53 Å². The van der Waals surface area contributed by atoms with Crippen LogP contribution in [0.2, 0.25) is 5.02 Å². The molecule has 0 atom stereocenters. The van der Waals surface area contributed by atoms with Crippen molar-refractivity contribution in [1.82, 2.24) is 10.3 Å². The van der Waals surface area contributed by atoms with Crippen LogP contribution in [0.1, 0.15) is 23.2 Å². The highest BCUT2D eigenvalue weighted by Gasteiger charge is 2.41. The molecule has 0 unspecified atom stereocenters. The van der Waals surface area contributed by atoms with E-state index in [1.54, 1.807) is 0 Å². The fourth-order valence-electron chi connectivity index (χ4n) is 1.96. The first-order chi connectivity index (χ1) is 9.05. The maximum Gasteiger partial charge on any atom is 0.329 e. The minimum Gasteiger partial charge on any atom is -0.480 e. The predicted molar refractivity (Wildman–Crippen MR) is 67.1 cm³/mol. The molecule has 1 aromatic rings. The monoisotopic (exact) mass is 284 g/mol. The second kappa shape index (κ2) is 5.54. The number of pyridine rings is 1. The van der Waals surface area contributed by atoms with Crippen LogP contribution in [0.15, 0.2) is 18.5 Å².